The van der Waals surface area contributed by atoms with E-state index in [0.717, 1.165) is 31.6 Å². The summed E-state index contributed by atoms with van der Waals surface area (Å²) < 4.78 is 17.0. The largest absolute Gasteiger partial charge is 0.491 e. The maximum Gasteiger partial charge on any atom is 0.325 e. The molecule has 1 amide bonds. The Bertz CT molecular complexity index is 1040. The first-order valence-electron chi connectivity index (χ1n) is 11.0. The van der Waals surface area contributed by atoms with Gasteiger partial charge in [-0.1, -0.05) is 17.3 Å². The average molecular weight is 491 g/mol. The molecule has 1 aromatic heterocycles. The van der Waals surface area contributed by atoms with Gasteiger partial charge in [0, 0.05) is 42.7 Å². The number of carbonyl (C=O) groups is 1. The predicted molar refractivity (Wildman–Crippen MR) is 127 cm³/mol. The molecule has 2 aromatic rings. The fourth-order valence-corrected chi connectivity index (χ4v) is 4.35. The van der Waals surface area contributed by atoms with Crippen LogP contribution in [0.15, 0.2) is 47.9 Å². The number of aromatic nitrogens is 1. The van der Waals surface area contributed by atoms with Gasteiger partial charge in [-0.25, -0.2) is 0 Å². The number of benzene rings is 1. The number of ether oxygens (including phenoxy) is 1. The Kier molecular flexibility index (Phi) is 8.86. The Hall–Kier alpha value is -3.14. The zero-order valence-corrected chi connectivity index (χ0v) is 19.6. The first-order chi connectivity index (χ1) is 16.3. The second-order valence-corrected chi connectivity index (χ2v) is 9.83. The van der Waals surface area contributed by atoms with E-state index >= 15 is 0 Å². The van der Waals surface area contributed by atoms with Gasteiger partial charge in [0.2, 0.25) is 5.91 Å². The highest BCUT2D eigenvalue weighted by atomic mass is 31.2. The van der Waals surface area contributed by atoms with E-state index in [0.29, 0.717) is 16.9 Å². The molecule has 3 rings (SSSR count). The number of nitrogens with two attached hydrogens (primary N) is 1. The number of oxime groups is 1. The van der Waals surface area contributed by atoms with E-state index in [1.54, 1.807) is 30.6 Å². The molecule has 0 radical (unpaired) electrons. The summed E-state index contributed by atoms with van der Waals surface area (Å²) >= 11 is 0. The van der Waals surface area contributed by atoms with E-state index in [1.807, 2.05) is 12.1 Å². The normalized spacial score (nSPS) is 15.2. The van der Waals surface area contributed by atoms with Crippen LogP contribution in [-0.4, -0.2) is 64.1 Å². The molecule has 0 atom stereocenters. The van der Waals surface area contributed by atoms with Crippen molar-refractivity contribution in [2.24, 2.45) is 16.8 Å². The van der Waals surface area contributed by atoms with E-state index in [1.165, 1.54) is 0 Å². The molecular formula is C22H30N5O6P. The second kappa shape index (κ2) is 11.8. The molecular weight excluding hydrogens is 461 g/mol. The quantitative estimate of drug-likeness (QED) is 0.0821. The first-order valence-corrected chi connectivity index (χ1v) is 12.8. The molecule has 0 spiro atoms. The Morgan fingerprint density at radius 1 is 1.24 bits per heavy atom. The van der Waals surface area contributed by atoms with Crippen LogP contribution in [0, 0.1) is 5.92 Å². The van der Waals surface area contributed by atoms with E-state index in [9.17, 15) is 19.1 Å². The number of hydrogen-bond donors (Lipinski definition) is 5. The number of aryl methyl sites for hydroxylation is 1. The summed E-state index contributed by atoms with van der Waals surface area (Å²) in [5, 5.41) is 14.8. The van der Waals surface area contributed by atoms with Gasteiger partial charge in [0.25, 0.3) is 0 Å². The molecule has 34 heavy (non-hydrogen) atoms. The molecule has 0 aliphatic carbocycles. The van der Waals surface area contributed by atoms with Gasteiger partial charge in [-0.3, -0.25) is 14.3 Å². The summed E-state index contributed by atoms with van der Waals surface area (Å²) in [6, 6.07) is 8.66. The fourth-order valence-electron chi connectivity index (χ4n) is 3.81. The molecule has 1 fully saturated rings. The van der Waals surface area contributed by atoms with Crippen molar-refractivity contribution in [2.75, 3.05) is 37.3 Å². The molecule has 0 bridgehead atoms. The Morgan fingerprint density at radius 2 is 1.94 bits per heavy atom. The summed E-state index contributed by atoms with van der Waals surface area (Å²) in [6.45, 7) is 2.02. The van der Waals surface area contributed by atoms with Crippen LogP contribution >= 0.6 is 7.60 Å². The Balaban J connectivity index is 1.50. The first kappa shape index (κ1) is 25.5. The lowest BCUT2D eigenvalue weighted by atomic mass is 9.95. The average Bonchev–Trinajstić information content (AvgIpc) is 2.85. The van der Waals surface area contributed by atoms with Gasteiger partial charge in [0.15, 0.2) is 5.84 Å². The fraction of sp³-hybridized carbons (Fsp3) is 0.409. The minimum absolute atomic E-state index is 0.0230. The van der Waals surface area contributed by atoms with E-state index in [-0.39, 0.29) is 43.4 Å². The monoisotopic (exact) mass is 491 g/mol. The summed E-state index contributed by atoms with van der Waals surface area (Å²) in [4.78, 5) is 37.2. The third-order valence-corrected chi connectivity index (χ3v) is 6.50. The minimum Gasteiger partial charge on any atom is -0.491 e. The third kappa shape index (κ3) is 7.44. The van der Waals surface area contributed by atoms with Crippen LogP contribution < -0.4 is 20.7 Å². The highest BCUT2D eigenvalue weighted by Crippen LogP contribution is 2.36. The lowest BCUT2D eigenvalue weighted by Gasteiger charge is -2.32. The molecule has 2 heterocycles. The number of carbonyl (C=O) groups excluding carboxylic acids is 1. The summed E-state index contributed by atoms with van der Waals surface area (Å²) in [6.07, 6.45) is 4.78. The maximum absolute atomic E-state index is 12.6. The molecule has 1 aliphatic heterocycles. The van der Waals surface area contributed by atoms with E-state index in [4.69, 9.17) is 15.7 Å². The van der Waals surface area contributed by atoms with E-state index < -0.39 is 7.60 Å². The van der Waals surface area contributed by atoms with Crippen molar-refractivity contribution < 1.29 is 29.1 Å². The van der Waals surface area contributed by atoms with Crippen molar-refractivity contribution in [1.29, 1.82) is 0 Å². The van der Waals surface area contributed by atoms with Gasteiger partial charge in [-0.2, -0.15) is 0 Å². The lowest BCUT2D eigenvalue weighted by molar-refractivity contribution is -0.125. The summed E-state index contributed by atoms with van der Waals surface area (Å²) in [5.41, 5.74) is 7.72. The molecule has 11 nitrogen and oxygen atoms in total. The van der Waals surface area contributed by atoms with E-state index in [2.05, 4.69) is 20.4 Å². The Morgan fingerprint density at radius 3 is 2.59 bits per heavy atom. The van der Waals surface area contributed by atoms with Crippen LogP contribution in [0.3, 0.4) is 0 Å². The van der Waals surface area contributed by atoms with Crippen molar-refractivity contribution in [2.45, 2.75) is 19.3 Å². The molecule has 1 aliphatic rings. The predicted octanol–water partition coefficient (Wildman–Crippen LogP) is 1.31. The Labute approximate surface area is 197 Å². The number of anilines is 1. The summed E-state index contributed by atoms with van der Waals surface area (Å²) in [5.74, 6) is 0.154. The topological polar surface area (TPSA) is 171 Å². The molecule has 1 aromatic carbocycles. The number of hydrogen-bond acceptors (Lipinski definition) is 7. The number of pyridine rings is 1. The van der Waals surface area contributed by atoms with Crippen LogP contribution in [0.4, 0.5) is 5.69 Å². The van der Waals surface area contributed by atoms with Crippen LogP contribution in [0.25, 0.3) is 0 Å². The van der Waals surface area contributed by atoms with Crippen molar-refractivity contribution in [3.05, 3.63) is 53.9 Å². The van der Waals surface area contributed by atoms with Crippen molar-refractivity contribution in [1.82, 2.24) is 10.3 Å². The van der Waals surface area contributed by atoms with Gasteiger partial charge in [0.05, 0.1) is 12.7 Å². The third-order valence-electron chi connectivity index (χ3n) is 5.70. The lowest BCUT2D eigenvalue weighted by Crippen LogP contribution is -2.41. The van der Waals surface area contributed by atoms with Gasteiger partial charge in [-0.05, 0) is 43.0 Å². The molecule has 1 saturated heterocycles. The zero-order valence-electron chi connectivity index (χ0n) is 18.7. The molecule has 0 saturated carbocycles. The number of amidine groups is 1. The molecule has 184 valence electrons. The maximum atomic E-state index is 12.6. The van der Waals surface area contributed by atoms with Crippen molar-refractivity contribution in [3.63, 3.8) is 0 Å². The number of nitrogens with zero attached hydrogens (tertiary/aromatic N) is 3. The molecule has 0 unspecified atom stereocenters. The van der Waals surface area contributed by atoms with Crippen molar-refractivity contribution >= 4 is 25.0 Å². The highest BCUT2D eigenvalue weighted by Gasteiger charge is 2.25. The zero-order chi connectivity index (χ0) is 24.6. The van der Waals surface area contributed by atoms with Gasteiger partial charge >= 0.3 is 7.60 Å². The number of amides is 1. The van der Waals surface area contributed by atoms with Gasteiger partial charge in [-0.15, -0.1) is 0 Å². The SMILES string of the molecule is N/C(=N/O)c1ccc(CCP(=O)(O)O)c(OCCNC(=O)C2CCN(c3ccncc3)CC2)c1. The van der Waals surface area contributed by atoms with Gasteiger partial charge in [0.1, 0.15) is 12.4 Å². The van der Waals surface area contributed by atoms with Gasteiger partial charge < -0.3 is 35.7 Å². The highest BCUT2D eigenvalue weighted by molar-refractivity contribution is 7.51. The molecule has 12 heteroatoms. The van der Waals surface area contributed by atoms with Crippen LogP contribution in [0.2, 0.25) is 0 Å². The molecule has 6 N–H and O–H groups in total. The van der Waals surface area contributed by atoms with Crippen molar-refractivity contribution in [3.8, 4) is 5.75 Å². The number of rotatable bonds is 10. The number of piperidine rings is 1. The van der Waals surface area contributed by atoms with Crippen LogP contribution in [0.1, 0.15) is 24.0 Å². The second-order valence-electron chi connectivity index (χ2n) is 8.05. The summed E-state index contributed by atoms with van der Waals surface area (Å²) in [7, 11) is -4.18. The standard InChI is InChI=1S/C22H30N5O6P/c23-21(26-29)18-2-1-16(7-14-34(30,31)32)20(15-18)33-13-10-25-22(28)17-5-11-27(12-6-17)19-3-8-24-9-4-19/h1-4,8-9,15,17,29H,5-7,10-14H2,(H2,23,26)(H,25,28)(H2,30,31,32). The number of nitrogens with one attached hydrogen (secondary N) is 1. The van der Waals surface area contributed by atoms with Crippen LogP contribution in [0.5, 0.6) is 5.75 Å². The van der Waals surface area contributed by atoms with Crippen LogP contribution in [-0.2, 0) is 15.8 Å². The minimum atomic E-state index is -4.18. The smallest absolute Gasteiger partial charge is 0.325 e.